The van der Waals surface area contributed by atoms with Gasteiger partial charge in [0.05, 0.1) is 22.4 Å². The van der Waals surface area contributed by atoms with Crippen LogP contribution in [0.15, 0.2) is 199 Å². The van der Waals surface area contributed by atoms with E-state index in [4.69, 9.17) is 4.42 Å². The zero-order valence-corrected chi connectivity index (χ0v) is 48.2. The van der Waals surface area contributed by atoms with Crippen LogP contribution in [0.25, 0.3) is 38.5 Å². The van der Waals surface area contributed by atoms with Crippen LogP contribution < -0.4 is 31.3 Å². The van der Waals surface area contributed by atoms with Gasteiger partial charge in [0, 0.05) is 67.3 Å². The highest BCUT2D eigenvalue weighted by molar-refractivity contribution is 7.00. The summed E-state index contributed by atoms with van der Waals surface area (Å²) in [7, 11) is 0. The molecule has 79 heavy (non-hydrogen) atoms. The topological polar surface area (TPSA) is 27.8 Å². The van der Waals surface area contributed by atoms with Crippen LogP contribution in [0.3, 0.4) is 0 Å². The quantitative estimate of drug-likeness (QED) is 0.155. The lowest BCUT2D eigenvalue weighted by molar-refractivity contribution is 0.590. The van der Waals surface area contributed by atoms with Gasteiger partial charge in [0.15, 0.2) is 0 Å². The lowest BCUT2D eigenvalue weighted by atomic mass is 9.35. The van der Waals surface area contributed by atoms with E-state index in [1.807, 2.05) is 0 Å². The average molecular weight is 1030 g/mol. The number of aromatic nitrogens is 1. The first-order valence-electron chi connectivity index (χ1n) is 28.3. The Hall–Kier alpha value is -8.22. The smallest absolute Gasteiger partial charge is 0.297 e. The van der Waals surface area contributed by atoms with Gasteiger partial charge < -0.3 is 23.7 Å². The Morgan fingerprint density at radius 2 is 0.899 bits per heavy atom. The number of nitrogens with zero attached hydrogens (tertiary/aromatic N) is 4. The van der Waals surface area contributed by atoms with Crippen molar-refractivity contribution in [3.8, 4) is 5.69 Å². The Balaban J connectivity index is 1.09. The Kier molecular flexibility index (Phi) is 11.4. The third-order valence-corrected chi connectivity index (χ3v) is 16.8. The van der Waals surface area contributed by atoms with Crippen molar-refractivity contribution in [3.05, 3.63) is 222 Å². The third kappa shape index (κ3) is 8.37. The molecule has 0 amide bonds. The van der Waals surface area contributed by atoms with E-state index in [1.165, 1.54) is 60.7 Å². The Labute approximate surface area is 467 Å². The second-order valence-electron chi connectivity index (χ2n) is 26.5. The van der Waals surface area contributed by atoms with Crippen LogP contribution in [0, 0.1) is 6.92 Å². The monoisotopic (exact) mass is 1030 g/mol. The molecule has 0 saturated carbocycles. The molecule has 11 aromatic rings. The van der Waals surface area contributed by atoms with E-state index >= 15 is 0 Å². The fraction of sp³-hybridized carbons (Fsp3) is 0.233. The van der Waals surface area contributed by atoms with Crippen molar-refractivity contribution in [3.63, 3.8) is 0 Å². The van der Waals surface area contributed by atoms with Gasteiger partial charge in [-0.05, 0) is 170 Å². The van der Waals surface area contributed by atoms with E-state index < -0.39 is 0 Å². The molecule has 2 aliphatic rings. The molecular weight excluding hydrogens is 960 g/mol. The van der Waals surface area contributed by atoms with Gasteiger partial charge in [-0.2, -0.15) is 0 Å². The predicted octanol–water partition coefficient (Wildman–Crippen LogP) is 18.6. The Morgan fingerprint density at radius 3 is 1.52 bits per heavy atom. The van der Waals surface area contributed by atoms with Crippen molar-refractivity contribution in [1.29, 1.82) is 0 Å². The molecule has 9 aromatic carbocycles. The van der Waals surface area contributed by atoms with Gasteiger partial charge in [-0.15, -0.1) is 0 Å². The molecule has 0 aliphatic carbocycles. The fourth-order valence-electron chi connectivity index (χ4n) is 12.5. The molecule has 392 valence electrons. The van der Waals surface area contributed by atoms with Gasteiger partial charge in [-0.25, -0.2) is 0 Å². The standard InChI is InChI=1S/C73H71BN4O/c1-46-41-64-67-65(42-46)78(54-34-27-49(28-35-54)72(8,9)10)68-59-43-50(73(11,12)13)29-40-66(59)79-69(68)74(67)60-39-37-56(45-63(60)77(64)53-32-25-48(26-33-53)71(5,6)7)75(52-30-23-47(24-31-52)70(2,3)4)55-36-38-58-57-21-17-18-22-61(57)76(62(58)44-55)51-19-15-14-16-20-51/h14-45H,1-13H3. The van der Waals surface area contributed by atoms with Crippen LogP contribution in [0.5, 0.6) is 0 Å². The summed E-state index contributed by atoms with van der Waals surface area (Å²) in [4.78, 5) is 7.51. The van der Waals surface area contributed by atoms with Crippen LogP contribution in [0.1, 0.15) is 111 Å². The number of furan rings is 1. The van der Waals surface area contributed by atoms with Crippen LogP contribution in [-0.2, 0) is 21.7 Å². The third-order valence-electron chi connectivity index (χ3n) is 16.8. The van der Waals surface area contributed by atoms with Gasteiger partial charge in [0.2, 0.25) is 0 Å². The molecule has 0 unspecified atom stereocenters. The maximum Gasteiger partial charge on any atom is 0.297 e. The maximum atomic E-state index is 7.41. The molecule has 0 spiro atoms. The summed E-state index contributed by atoms with van der Waals surface area (Å²) in [6.07, 6.45) is 0. The van der Waals surface area contributed by atoms with Gasteiger partial charge in [0.1, 0.15) is 5.58 Å². The van der Waals surface area contributed by atoms with Crippen LogP contribution in [0.4, 0.5) is 51.2 Å². The maximum absolute atomic E-state index is 7.41. The lowest BCUT2D eigenvalue weighted by Crippen LogP contribution is -2.61. The predicted molar refractivity (Wildman–Crippen MR) is 339 cm³/mol. The summed E-state index contributed by atoms with van der Waals surface area (Å²) in [5.74, 6) is 0. The zero-order valence-electron chi connectivity index (χ0n) is 48.2. The highest BCUT2D eigenvalue weighted by atomic mass is 16.3. The zero-order chi connectivity index (χ0) is 55.1. The molecule has 4 heterocycles. The number of rotatable bonds is 6. The molecule has 13 rings (SSSR count). The van der Waals surface area contributed by atoms with Crippen molar-refractivity contribution < 1.29 is 4.42 Å². The molecular formula is C73H71BN4O. The van der Waals surface area contributed by atoms with E-state index in [9.17, 15) is 0 Å². The normalized spacial score (nSPS) is 13.6. The summed E-state index contributed by atoms with van der Waals surface area (Å²) >= 11 is 0. The molecule has 0 bridgehead atoms. The van der Waals surface area contributed by atoms with E-state index in [1.54, 1.807) is 0 Å². The number of fused-ring (bicyclic) bond motifs is 9. The van der Waals surface area contributed by atoms with E-state index in [0.29, 0.717) is 0 Å². The second-order valence-corrected chi connectivity index (χ2v) is 26.5. The number of anilines is 9. The van der Waals surface area contributed by atoms with Crippen molar-refractivity contribution in [2.75, 3.05) is 14.7 Å². The molecule has 0 saturated heterocycles. The summed E-state index contributed by atoms with van der Waals surface area (Å²) in [6, 6.07) is 73.3. The van der Waals surface area contributed by atoms with Gasteiger partial charge in [-0.1, -0.05) is 174 Å². The number of benzene rings is 9. The molecule has 2 aromatic heterocycles. The van der Waals surface area contributed by atoms with Gasteiger partial charge >= 0.3 is 0 Å². The second kappa shape index (κ2) is 17.9. The van der Waals surface area contributed by atoms with Crippen molar-refractivity contribution in [2.45, 2.75) is 112 Å². The van der Waals surface area contributed by atoms with Gasteiger partial charge in [-0.3, -0.25) is 0 Å². The van der Waals surface area contributed by atoms with Crippen molar-refractivity contribution >= 4 is 107 Å². The largest absolute Gasteiger partial charge is 0.468 e. The molecule has 2 aliphatic heterocycles. The minimum Gasteiger partial charge on any atom is -0.468 e. The molecule has 0 radical (unpaired) electrons. The summed E-state index contributed by atoms with van der Waals surface area (Å²) in [5.41, 5.74) is 24.1. The van der Waals surface area contributed by atoms with Crippen LogP contribution >= 0.6 is 0 Å². The molecule has 5 nitrogen and oxygen atoms in total. The number of para-hydroxylation sites is 2. The molecule has 0 atom stereocenters. The fourth-order valence-corrected chi connectivity index (χ4v) is 12.5. The number of hydrogen-bond acceptors (Lipinski definition) is 4. The highest BCUT2D eigenvalue weighted by Crippen LogP contribution is 2.50. The number of hydrogen-bond donors (Lipinski definition) is 0. The Morgan fingerprint density at radius 1 is 0.392 bits per heavy atom. The van der Waals surface area contributed by atoms with E-state index in [-0.39, 0.29) is 28.4 Å². The SMILES string of the molecule is Cc1cc2c3c(c1)N(c1ccc(C(C)(C)C)cc1)c1c(oc4ccc(C(C)(C)C)cc14)B3c1ccc(N(c3ccc(C(C)(C)C)cc3)c3ccc4c5ccccc5n(-c5ccccc5)c4c3)cc1N2c1ccc(C(C)(C)C)cc1. The summed E-state index contributed by atoms with van der Waals surface area (Å²) in [6.45, 7) is 29.6. The van der Waals surface area contributed by atoms with Crippen LogP contribution in [0.2, 0.25) is 0 Å². The molecule has 0 N–H and O–H groups in total. The average Bonchev–Trinajstić information content (AvgIpc) is 4.07. The first-order chi connectivity index (χ1) is 37.6. The Bertz CT molecular complexity index is 4170. The number of aryl methyl sites for hydroxylation is 1. The van der Waals surface area contributed by atoms with Crippen molar-refractivity contribution in [1.82, 2.24) is 4.57 Å². The highest BCUT2D eigenvalue weighted by Gasteiger charge is 2.47. The van der Waals surface area contributed by atoms with E-state index in [0.717, 1.165) is 73.3 Å². The van der Waals surface area contributed by atoms with Crippen molar-refractivity contribution in [2.24, 2.45) is 0 Å². The first-order valence-corrected chi connectivity index (χ1v) is 28.3. The summed E-state index contributed by atoms with van der Waals surface area (Å²) in [5, 5.41) is 3.58. The minimum atomic E-state index is -0.206. The summed E-state index contributed by atoms with van der Waals surface area (Å²) < 4.78 is 9.83. The molecule has 0 fully saturated rings. The molecule has 6 heteroatoms. The van der Waals surface area contributed by atoms with Crippen LogP contribution in [-0.4, -0.2) is 11.3 Å². The van der Waals surface area contributed by atoms with Gasteiger partial charge in [0.25, 0.3) is 6.71 Å². The lowest BCUT2D eigenvalue weighted by Gasteiger charge is -2.43. The minimum absolute atomic E-state index is 0.00655. The first kappa shape index (κ1) is 50.3. The van der Waals surface area contributed by atoms with E-state index in [2.05, 4.69) is 303 Å².